The SMILES string of the molecule is O=C(NC1CCCC1)C(Cc1ccccc1)N(Cc1ccc(Cl)cc1)C(=O)CSCc1ccccc1Cl. The molecule has 1 atom stereocenters. The lowest BCUT2D eigenvalue weighted by Gasteiger charge is -2.32. The number of hydrogen-bond donors (Lipinski definition) is 1. The van der Waals surface area contributed by atoms with Gasteiger partial charge in [0.1, 0.15) is 6.04 Å². The van der Waals surface area contributed by atoms with E-state index >= 15 is 0 Å². The van der Waals surface area contributed by atoms with Crippen LogP contribution in [0.1, 0.15) is 42.4 Å². The zero-order valence-electron chi connectivity index (χ0n) is 20.7. The van der Waals surface area contributed by atoms with Gasteiger partial charge in [0.2, 0.25) is 11.8 Å². The first-order chi connectivity index (χ1) is 18.0. The van der Waals surface area contributed by atoms with Crippen LogP contribution in [-0.4, -0.2) is 34.6 Å². The van der Waals surface area contributed by atoms with Crippen LogP contribution < -0.4 is 5.32 Å². The normalized spacial score (nSPS) is 14.3. The summed E-state index contributed by atoms with van der Waals surface area (Å²) in [7, 11) is 0. The number of carbonyl (C=O) groups excluding carboxylic acids is 2. The fourth-order valence-electron chi connectivity index (χ4n) is 4.65. The Morgan fingerprint density at radius 3 is 2.27 bits per heavy atom. The second-order valence-corrected chi connectivity index (χ2v) is 11.3. The highest BCUT2D eigenvalue weighted by Gasteiger charge is 2.32. The van der Waals surface area contributed by atoms with Crippen LogP contribution in [0.25, 0.3) is 0 Å². The predicted molar refractivity (Wildman–Crippen MR) is 154 cm³/mol. The Morgan fingerprint density at radius 2 is 1.57 bits per heavy atom. The molecule has 0 radical (unpaired) electrons. The van der Waals surface area contributed by atoms with Crippen LogP contribution in [0.4, 0.5) is 0 Å². The lowest BCUT2D eigenvalue weighted by molar-refractivity contribution is -0.139. The topological polar surface area (TPSA) is 49.4 Å². The molecule has 1 unspecified atom stereocenters. The standard InChI is InChI=1S/C30H32Cl2N2O2S/c31-25-16-14-23(15-17-25)19-34(29(35)21-37-20-24-10-4-7-13-27(24)32)28(18-22-8-2-1-3-9-22)30(36)33-26-11-5-6-12-26/h1-4,7-10,13-17,26,28H,5-6,11-12,18-21H2,(H,33,36). The second kappa shape index (κ2) is 13.9. The van der Waals surface area contributed by atoms with Gasteiger partial charge in [0.15, 0.2) is 0 Å². The van der Waals surface area contributed by atoms with Crippen molar-refractivity contribution in [3.63, 3.8) is 0 Å². The lowest BCUT2D eigenvalue weighted by Crippen LogP contribution is -2.52. The number of halogens is 2. The summed E-state index contributed by atoms with van der Waals surface area (Å²) < 4.78 is 0. The third-order valence-electron chi connectivity index (χ3n) is 6.68. The molecule has 0 spiro atoms. The Kier molecular flexibility index (Phi) is 10.4. The first-order valence-electron chi connectivity index (χ1n) is 12.7. The summed E-state index contributed by atoms with van der Waals surface area (Å²) in [5.41, 5.74) is 2.94. The highest BCUT2D eigenvalue weighted by molar-refractivity contribution is 7.99. The molecule has 0 aliphatic heterocycles. The number of nitrogens with zero attached hydrogens (tertiary/aromatic N) is 1. The zero-order chi connectivity index (χ0) is 26.0. The molecule has 1 saturated carbocycles. The molecule has 37 heavy (non-hydrogen) atoms. The van der Waals surface area contributed by atoms with Gasteiger partial charge in [-0.05, 0) is 47.7 Å². The van der Waals surface area contributed by atoms with E-state index in [9.17, 15) is 9.59 Å². The summed E-state index contributed by atoms with van der Waals surface area (Å²) in [6.07, 6.45) is 4.68. The van der Waals surface area contributed by atoms with Crippen LogP contribution in [0, 0.1) is 0 Å². The van der Waals surface area contributed by atoms with Gasteiger partial charge in [0.25, 0.3) is 0 Å². The Bertz CT molecular complexity index is 1170. The van der Waals surface area contributed by atoms with Gasteiger partial charge in [0.05, 0.1) is 5.75 Å². The van der Waals surface area contributed by atoms with Gasteiger partial charge >= 0.3 is 0 Å². The zero-order valence-corrected chi connectivity index (χ0v) is 23.1. The van der Waals surface area contributed by atoms with Crippen molar-refractivity contribution in [2.45, 2.75) is 56.5 Å². The Hall–Kier alpha value is -2.47. The summed E-state index contributed by atoms with van der Waals surface area (Å²) in [4.78, 5) is 29.1. The van der Waals surface area contributed by atoms with Gasteiger partial charge in [-0.25, -0.2) is 0 Å². The van der Waals surface area contributed by atoms with Crippen LogP contribution in [0.3, 0.4) is 0 Å². The molecule has 1 aliphatic rings. The minimum atomic E-state index is -0.618. The monoisotopic (exact) mass is 554 g/mol. The largest absolute Gasteiger partial charge is 0.352 e. The van der Waals surface area contributed by atoms with Crippen molar-refractivity contribution in [2.75, 3.05) is 5.75 Å². The van der Waals surface area contributed by atoms with E-state index in [-0.39, 0.29) is 23.6 Å². The van der Waals surface area contributed by atoms with E-state index in [4.69, 9.17) is 23.2 Å². The van der Waals surface area contributed by atoms with Crippen molar-refractivity contribution < 1.29 is 9.59 Å². The fourth-order valence-corrected chi connectivity index (χ4v) is 5.98. The number of rotatable bonds is 11. The minimum absolute atomic E-state index is 0.0745. The van der Waals surface area contributed by atoms with E-state index in [1.807, 2.05) is 78.9 Å². The molecule has 1 N–H and O–H groups in total. The molecule has 1 aliphatic carbocycles. The Balaban J connectivity index is 1.56. The predicted octanol–water partition coefficient (Wildman–Crippen LogP) is 6.93. The maximum absolute atomic E-state index is 13.7. The van der Waals surface area contributed by atoms with Crippen molar-refractivity contribution in [3.8, 4) is 0 Å². The maximum Gasteiger partial charge on any atom is 0.243 e. The fraction of sp³-hybridized carbons (Fsp3) is 0.333. The van der Waals surface area contributed by atoms with E-state index in [1.54, 1.807) is 4.90 Å². The molecule has 0 aromatic heterocycles. The first-order valence-corrected chi connectivity index (χ1v) is 14.6. The van der Waals surface area contributed by atoms with Crippen LogP contribution in [0.2, 0.25) is 10.0 Å². The van der Waals surface area contributed by atoms with Gasteiger partial charge in [-0.1, -0.05) is 96.7 Å². The van der Waals surface area contributed by atoms with Crippen LogP contribution in [-0.2, 0) is 28.3 Å². The van der Waals surface area contributed by atoms with Crippen molar-refractivity contribution in [2.24, 2.45) is 0 Å². The van der Waals surface area contributed by atoms with E-state index in [2.05, 4.69) is 5.32 Å². The van der Waals surface area contributed by atoms with E-state index < -0.39 is 6.04 Å². The molecule has 3 aromatic carbocycles. The van der Waals surface area contributed by atoms with Gasteiger partial charge in [0, 0.05) is 34.8 Å². The molecule has 4 rings (SSSR count). The molecule has 7 heteroatoms. The van der Waals surface area contributed by atoms with Gasteiger partial charge in [-0.15, -0.1) is 11.8 Å². The van der Waals surface area contributed by atoms with Crippen LogP contribution in [0.5, 0.6) is 0 Å². The van der Waals surface area contributed by atoms with Crippen molar-refractivity contribution in [3.05, 3.63) is 106 Å². The summed E-state index contributed by atoms with van der Waals surface area (Å²) in [5, 5.41) is 4.57. The van der Waals surface area contributed by atoms with Crippen LogP contribution >= 0.6 is 35.0 Å². The molecule has 0 bridgehead atoms. The third kappa shape index (κ3) is 8.26. The van der Waals surface area contributed by atoms with E-state index in [1.165, 1.54) is 11.8 Å². The summed E-state index contributed by atoms with van der Waals surface area (Å²) in [6, 6.07) is 24.6. The number of thioether (sulfide) groups is 1. The third-order valence-corrected chi connectivity index (χ3v) is 8.27. The Labute approximate surface area is 233 Å². The highest BCUT2D eigenvalue weighted by atomic mass is 35.5. The number of nitrogens with one attached hydrogen (secondary N) is 1. The molecule has 3 aromatic rings. The molecular formula is C30H32Cl2N2O2S. The summed E-state index contributed by atoms with van der Waals surface area (Å²) >= 11 is 13.9. The lowest BCUT2D eigenvalue weighted by atomic mass is 10.0. The summed E-state index contributed by atoms with van der Waals surface area (Å²) in [5.74, 6) is 0.710. The first kappa shape index (κ1) is 27.6. The summed E-state index contributed by atoms with van der Waals surface area (Å²) in [6.45, 7) is 0.332. The van der Waals surface area contributed by atoms with E-state index in [0.717, 1.165) is 42.4 Å². The molecule has 0 saturated heterocycles. The molecule has 2 amide bonds. The molecule has 1 fully saturated rings. The minimum Gasteiger partial charge on any atom is -0.352 e. The van der Waals surface area contributed by atoms with Crippen molar-refractivity contribution in [1.82, 2.24) is 10.2 Å². The molecule has 0 heterocycles. The quantitative estimate of drug-likeness (QED) is 0.279. The number of carbonyl (C=O) groups is 2. The number of amides is 2. The molecular weight excluding hydrogens is 523 g/mol. The average Bonchev–Trinajstić information content (AvgIpc) is 3.42. The number of benzene rings is 3. The van der Waals surface area contributed by atoms with Gasteiger partial charge in [-0.2, -0.15) is 0 Å². The Morgan fingerprint density at radius 1 is 0.892 bits per heavy atom. The second-order valence-electron chi connectivity index (χ2n) is 9.43. The van der Waals surface area contributed by atoms with Crippen molar-refractivity contribution in [1.29, 1.82) is 0 Å². The highest BCUT2D eigenvalue weighted by Crippen LogP contribution is 2.24. The number of hydrogen-bond acceptors (Lipinski definition) is 3. The maximum atomic E-state index is 13.7. The van der Waals surface area contributed by atoms with Gasteiger partial charge in [-0.3, -0.25) is 9.59 Å². The van der Waals surface area contributed by atoms with Crippen LogP contribution in [0.15, 0.2) is 78.9 Å². The molecule has 194 valence electrons. The van der Waals surface area contributed by atoms with E-state index in [0.29, 0.717) is 28.8 Å². The van der Waals surface area contributed by atoms with Gasteiger partial charge < -0.3 is 10.2 Å². The molecule has 4 nitrogen and oxygen atoms in total. The van der Waals surface area contributed by atoms with Crippen molar-refractivity contribution >= 4 is 46.8 Å². The smallest absolute Gasteiger partial charge is 0.243 e. The average molecular weight is 556 g/mol.